The summed E-state index contributed by atoms with van der Waals surface area (Å²) in [5.74, 6) is -2.34. The maximum absolute atomic E-state index is 12.0. The third-order valence-electron chi connectivity index (χ3n) is 2.79. The highest BCUT2D eigenvalue weighted by atomic mass is 19.4. The minimum absolute atomic E-state index is 0.193. The lowest BCUT2D eigenvalue weighted by Crippen LogP contribution is -2.46. The van der Waals surface area contributed by atoms with Gasteiger partial charge in [0.15, 0.2) is 5.78 Å². The Morgan fingerprint density at radius 2 is 1.91 bits per heavy atom. The number of alkyl halides is 3. The molecule has 0 heterocycles. The molecule has 0 saturated heterocycles. The van der Waals surface area contributed by atoms with E-state index in [9.17, 15) is 27.6 Å². The second kappa shape index (κ2) is 9.93. The lowest BCUT2D eigenvalue weighted by Gasteiger charge is -2.19. The summed E-state index contributed by atoms with van der Waals surface area (Å²) in [6.07, 6.45) is -6.55. The molecule has 7 nitrogen and oxygen atoms in total. The van der Waals surface area contributed by atoms with Crippen molar-refractivity contribution in [2.45, 2.75) is 44.5 Å². The number of methoxy groups -OCH3 is 1. The molecule has 0 bridgehead atoms. The number of carbonyl (C=O) groups is 3. The minimum Gasteiger partial charge on any atom is -0.464 e. The summed E-state index contributed by atoms with van der Waals surface area (Å²) in [6.45, 7) is 0.525. The molecule has 0 aliphatic carbocycles. The lowest BCUT2D eigenvalue weighted by atomic mass is 10.1. The van der Waals surface area contributed by atoms with Crippen molar-refractivity contribution >= 4 is 23.9 Å². The van der Waals surface area contributed by atoms with E-state index in [4.69, 9.17) is 10.1 Å². The predicted octanol–water partition coefficient (Wildman–Crippen LogP) is 1.00. The quantitative estimate of drug-likeness (QED) is 0.456. The molecule has 0 aliphatic heterocycles. The van der Waals surface area contributed by atoms with Gasteiger partial charge in [-0.25, -0.2) is 4.79 Å². The summed E-state index contributed by atoms with van der Waals surface area (Å²) in [5, 5.41) is 9.00. The number of ketones is 1. The number of esters is 1. The van der Waals surface area contributed by atoms with Crippen LogP contribution >= 0.6 is 0 Å². The Labute approximate surface area is 131 Å². The first-order valence-electron chi connectivity index (χ1n) is 6.70. The number of rotatable bonds is 10. The molecule has 23 heavy (non-hydrogen) atoms. The Hall–Kier alpha value is -1.97. The lowest BCUT2D eigenvalue weighted by molar-refractivity contribution is -0.161. The van der Waals surface area contributed by atoms with Crippen LogP contribution in [0.15, 0.2) is 0 Å². The first-order chi connectivity index (χ1) is 10.6. The molecule has 0 aromatic rings. The topological polar surface area (TPSA) is 106 Å². The highest BCUT2D eigenvalue weighted by Crippen LogP contribution is 2.19. The fourth-order valence-corrected chi connectivity index (χ4v) is 1.37. The smallest absolute Gasteiger partial charge is 0.392 e. The van der Waals surface area contributed by atoms with Crippen LogP contribution in [0, 0.1) is 5.41 Å². The molecular weight excluding hydrogens is 321 g/mol. The van der Waals surface area contributed by atoms with Gasteiger partial charge in [-0.05, 0) is 13.3 Å². The number of carbonyl (C=O) groups excluding carboxylic acids is 3. The predicted molar refractivity (Wildman–Crippen MR) is 73.1 cm³/mol. The van der Waals surface area contributed by atoms with Crippen molar-refractivity contribution < 1.29 is 37.0 Å². The van der Waals surface area contributed by atoms with Crippen molar-refractivity contribution in [3.63, 3.8) is 0 Å². The van der Waals surface area contributed by atoms with E-state index in [0.29, 0.717) is 6.21 Å². The van der Waals surface area contributed by atoms with Crippen LogP contribution in [0.5, 0.6) is 0 Å². The molecule has 0 aromatic heterocycles. The summed E-state index contributed by atoms with van der Waals surface area (Å²) in [4.78, 5) is 34.5. The van der Waals surface area contributed by atoms with E-state index in [-0.39, 0.29) is 12.8 Å². The molecule has 0 aromatic carbocycles. The van der Waals surface area contributed by atoms with Gasteiger partial charge in [0.1, 0.15) is 18.8 Å². The van der Waals surface area contributed by atoms with Crippen LogP contribution in [-0.4, -0.2) is 55.9 Å². The van der Waals surface area contributed by atoms with Gasteiger partial charge >= 0.3 is 12.1 Å². The van der Waals surface area contributed by atoms with Gasteiger partial charge in [0.2, 0.25) is 5.91 Å². The van der Waals surface area contributed by atoms with Crippen LogP contribution in [0.2, 0.25) is 0 Å². The van der Waals surface area contributed by atoms with Crippen LogP contribution in [-0.2, 0) is 23.9 Å². The Balaban J connectivity index is 4.68. The monoisotopic (exact) mass is 340 g/mol. The maximum Gasteiger partial charge on any atom is 0.392 e. The second-order valence-electron chi connectivity index (χ2n) is 4.62. The average Bonchev–Trinajstić information content (AvgIpc) is 2.48. The van der Waals surface area contributed by atoms with Gasteiger partial charge < -0.3 is 20.2 Å². The van der Waals surface area contributed by atoms with E-state index in [1.807, 2.05) is 0 Å². The zero-order chi connectivity index (χ0) is 18.0. The number of hydrogen-bond donors (Lipinski definition) is 2. The largest absolute Gasteiger partial charge is 0.464 e. The van der Waals surface area contributed by atoms with E-state index in [0.717, 1.165) is 0 Å². The molecule has 1 amide bonds. The van der Waals surface area contributed by atoms with Crippen LogP contribution in [0.1, 0.15) is 26.2 Å². The van der Waals surface area contributed by atoms with Crippen molar-refractivity contribution in [3.8, 4) is 0 Å². The van der Waals surface area contributed by atoms with E-state index < -0.39 is 49.0 Å². The van der Waals surface area contributed by atoms with Gasteiger partial charge in [0.25, 0.3) is 0 Å². The molecule has 0 spiro atoms. The fourth-order valence-electron chi connectivity index (χ4n) is 1.37. The normalized spacial score (nSPS) is 13.8. The molecule has 0 rings (SSSR count). The fraction of sp³-hybridized carbons (Fsp3) is 0.692. The minimum atomic E-state index is -4.47. The van der Waals surface area contributed by atoms with Gasteiger partial charge in [-0.2, -0.15) is 13.2 Å². The molecule has 0 unspecified atom stereocenters. The SMILES string of the molecule is CO[C@H](C)C(=O)N[C@@H](CCC(=O)C=N)C(=O)OCCC(F)(F)F. The first-order valence-corrected chi connectivity index (χ1v) is 6.70. The van der Waals surface area contributed by atoms with Gasteiger partial charge in [-0.15, -0.1) is 0 Å². The van der Waals surface area contributed by atoms with E-state index in [2.05, 4.69) is 10.1 Å². The molecule has 2 atom stereocenters. The molecule has 0 radical (unpaired) electrons. The number of Topliss-reactive ketones (excluding diaryl/α,β-unsaturated/α-hetero) is 1. The van der Waals surface area contributed by atoms with E-state index in [1.165, 1.54) is 14.0 Å². The first kappa shape index (κ1) is 21.0. The average molecular weight is 340 g/mol. The van der Waals surface area contributed by atoms with Crippen LogP contribution in [0.25, 0.3) is 0 Å². The highest BCUT2D eigenvalue weighted by Gasteiger charge is 2.29. The molecule has 0 fully saturated rings. The molecule has 2 N–H and O–H groups in total. The third kappa shape index (κ3) is 9.61. The number of hydrogen-bond acceptors (Lipinski definition) is 6. The van der Waals surface area contributed by atoms with Crippen LogP contribution < -0.4 is 5.32 Å². The summed E-state index contributed by atoms with van der Waals surface area (Å²) in [6, 6.07) is -1.29. The molecular formula is C13H19F3N2O5. The Morgan fingerprint density at radius 1 is 1.30 bits per heavy atom. The molecule has 10 heteroatoms. The number of ether oxygens (including phenoxy) is 2. The number of nitrogens with one attached hydrogen (secondary N) is 2. The van der Waals surface area contributed by atoms with Crippen molar-refractivity contribution in [1.82, 2.24) is 5.32 Å². The summed E-state index contributed by atoms with van der Waals surface area (Å²) in [5.41, 5.74) is 0. The summed E-state index contributed by atoms with van der Waals surface area (Å²) in [7, 11) is 1.26. The van der Waals surface area contributed by atoms with Gasteiger partial charge in [-0.1, -0.05) is 0 Å². The highest BCUT2D eigenvalue weighted by molar-refractivity contribution is 6.26. The van der Waals surface area contributed by atoms with Gasteiger partial charge in [-0.3, -0.25) is 9.59 Å². The van der Waals surface area contributed by atoms with Crippen molar-refractivity contribution in [3.05, 3.63) is 0 Å². The van der Waals surface area contributed by atoms with Gasteiger partial charge in [0.05, 0.1) is 12.6 Å². The van der Waals surface area contributed by atoms with Crippen molar-refractivity contribution in [2.24, 2.45) is 0 Å². The summed E-state index contributed by atoms with van der Waals surface area (Å²) >= 11 is 0. The zero-order valence-corrected chi connectivity index (χ0v) is 12.7. The van der Waals surface area contributed by atoms with Crippen molar-refractivity contribution in [2.75, 3.05) is 13.7 Å². The molecule has 0 aliphatic rings. The Morgan fingerprint density at radius 3 is 2.39 bits per heavy atom. The number of amides is 1. The molecule has 132 valence electrons. The standard InChI is InChI=1S/C13H19F3N2O5/c1-8(22-2)11(20)18-10(4-3-9(19)7-17)12(21)23-6-5-13(14,15)16/h7-8,10,17H,3-6H2,1-2H3,(H,18,20)/t8-,10+/m1/s1. The second-order valence-corrected chi connectivity index (χ2v) is 4.62. The maximum atomic E-state index is 12.0. The Kier molecular flexibility index (Phi) is 9.08. The summed E-state index contributed by atoms with van der Waals surface area (Å²) < 4.78 is 45.3. The zero-order valence-electron chi connectivity index (χ0n) is 12.7. The Bertz CT molecular complexity index is 440. The van der Waals surface area contributed by atoms with Crippen LogP contribution in [0.4, 0.5) is 13.2 Å². The number of halogens is 3. The molecule has 0 saturated carbocycles. The van der Waals surface area contributed by atoms with E-state index in [1.54, 1.807) is 0 Å². The van der Waals surface area contributed by atoms with Crippen LogP contribution in [0.3, 0.4) is 0 Å². The van der Waals surface area contributed by atoms with Crippen molar-refractivity contribution in [1.29, 1.82) is 5.41 Å². The van der Waals surface area contributed by atoms with Gasteiger partial charge in [0, 0.05) is 13.5 Å². The van der Waals surface area contributed by atoms with E-state index >= 15 is 0 Å². The third-order valence-corrected chi connectivity index (χ3v) is 2.79.